The second kappa shape index (κ2) is 6.61. The van der Waals surface area contributed by atoms with Gasteiger partial charge in [-0.1, -0.05) is 24.3 Å². The van der Waals surface area contributed by atoms with Crippen molar-refractivity contribution >= 4 is 0 Å². The first-order valence-corrected chi connectivity index (χ1v) is 8.91. The minimum atomic E-state index is -0.186. The summed E-state index contributed by atoms with van der Waals surface area (Å²) >= 11 is 0. The van der Waals surface area contributed by atoms with Gasteiger partial charge in [-0.2, -0.15) is 0 Å². The van der Waals surface area contributed by atoms with Gasteiger partial charge in [-0.3, -0.25) is 4.98 Å². The molecule has 1 spiro atoms. The lowest BCUT2D eigenvalue weighted by molar-refractivity contribution is 0.130. The van der Waals surface area contributed by atoms with Gasteiger partial charge in [0.05, 0.1) is 6.20 Å². The number of nitrogens with zero attached hydrogens (tertiary/aromatic N) is 2. The zero-order valence-electron chi connectivity index (χ0n) is 14.0. The van der Waals surface area contributed by atoms with Crippen LogP contribution in [0, 0.1) is 5.82 Å². The Kier molecular flexibility index (Phi) is 4.33. The third-order valence-corrected chi connectivity index (χ3v) is 5.65. The van der Waals surface area contributed by atoms with Crippen LogP contribution in [0.4, 0.5) is 4.39 Å². The summed E-state index contributed by atoms with van der Waals surface area (Å²) in [7, 11) is 0. The number of aromatic nitrogens is 1. The second-order valence-corrected chi connectivity index (χ2v) is 6.97. The van der Waals surface area contributed by atoms with E-state index in [1.54, 1.807) is 12.3 Å². The Bertz CT molecular complexity index is 708. The van der Waals surface area contributed by atoms with Crippen LogP contribution in [0.1, 0.15) is 29.5 Å². The topological polar surface area (TPSA) is 28.2 Å². The van der Waals surface area contributed by atoms with Crippen molar-refractivity contribution in [3.05, 3.63) is 65.2 Å². The van der Waals surface area contributed by atoms with Crippen LogP contribution in [0.2, 0.25) is 0 Å². The molecule has 126 valence electrons. The molecule has 4 rings (SSSR count). The highest BCUT2D eigenvalue weighted by Gasteiger charge is 2.38. The molecule has 0 radical (unpaired) electrons. The molecule has 1 saturated heterocycles. The largest absolute Gasteiger partial charge is 0.307 e. The van der Waals surface area contributed by atoms with Gasteiger partial charge in [-0.15, -0.1) is 0 Å². The number of hydrogen-bond acceptors (Lipinski definition) is 3. The van der Waals surface area contributed by atoms with Gasteiger partial charge in [0.15, 0.2) is 0 Å². The van der Waals surface area contributed by atoms with Gasteiger partial charge in [0, 0.05) is 37.9 Å². The first kappa shape index (κ1) is 15.7. The summed E-state index contributed by atoms with van der Waals surface area (Å²) in [6, 6.07) is 10.7. The zero-order chi connectivity index (χ0) is 16.4. The molecular formula is C20H24FN3. The van der Waals surface area contributed by atoms with E-state index in [4.69, 9.17) is 0 Å². The smallest absolute Gasteiger partial charge is 0.144 e. The van der Waals surface area contributed by atoms with Crippen molar-refractivity contribution in [1.82, 2.24) is 15.2 Å². The quantitative estimate of drug-likeness (QED) is 0.940. The van der Waals surface area contributed by atoms with Gasteiger partial charge in [-0.25, -0.2) is 4.39 Å². The molecule has 1 aromatic heterocycles. The molecule has 24 heavy (non-hydrogen) atoms. The van der Waals surface area contributed by atoms with Crippen molar-refractivity contribution < 1.29 is 4.39 Å². The molecule has 2 aliphatic rings. The lowest BCUT2D eigenvalue weighted by atomic mass is 9.76. The molecule has 2 aromatic rings. The summed E-state index contributed by atoms with van der Waals surface area (Å²) in [5.74, 6) is -0.186. The molecular weight excluding hydrogens is 301 g/mol. The van der Waals surface area contributed by atoms with E-state index in [-0.39, 0.29) is 11.4 Å². The minimum absolute atomic E-state index is 0.146. The number of hydrogen-bond donors (Lipinski definition) is 1. The lowest BCUT2D eigenvalue weighted by Crippen LogP contribution is -2.54. The lowest BCUT2D eigenvalue weighted by Gasteiger charge is -2.46. The molecule has 4 heteroatoms. The number of nitrogens with one attached hydrogen (secondary N) is 1. The molecule has 1 fully saturated rings. The zero-order valence-corrected chi connectivity index (χ0v) is 14.0. The maximum absolute atomic E-state index is 13.7. The number of piperidine rings is 1. The molecule has 3 heterocycles. The normalized spacial score (nSPS) is 20.0. The molecule has 1 aromatic carbocycles. The highest BCUT2D eigenvalue weighted by Crippen LogP contribution is 2.37. The first-order valence-electron chi connectivity index (χ1n) is 8.91. The van der Waals surface area contributed by atoms with E-state index >= 15 is 0 Å². The number of pyridine rings is 1. The van der Waals surface area contributed by atoms with Crippen molar-refractivity contribution in [2.75, 3.05) is 26.2 Å². The van der Waals surface area contributed by atoms with Gasteiger partial charge >= 0.3 is 0 Å². The summed E-state index contributed by atoms with van der Waals surface area (Å²) in [5.41, 5.74) is 3.92. The third kappa shape index (κ3) is 2.96. The number of benzene rings is 1. The van der Waals surface area contributed by atoms with E-state index in [2.05, 4.69) is 39.5 Å². The molecule has 1 N–H and O–H groups in total. The first-order chi connectivity index (χ1) is 11.8. The SMILES string of the molecule is Fc1cnccc1CCN1CCC2(CC1)NCCc1ccccc12. The van der Waals surface area contributed by atoms with E-state index in [1.807, 2.05) is 0 Å². The Morgan fingerprint density at radius 1 is 1.17 bits per heavy atom. The summed E-state index contributed by atoms with van der Waals surface area (Å²) in [5, 5.41) is 3.80. The highest BCUT2D eigenvalue weighted by molar-refractivity contribution is 5.37. The minimum Gasteiger partial charge on any atom is -0.307 e. The molecule has 0 aliphatic carbocycles. The van der Waals surface area contributed by atoms with Crippen LogP contribution in [0.15, 0.2) is 42.7 Å². The molecule has 0 atom stereocenters. The summed E-state index contributed by atoms with van der Waals surface area (Å²) < 4.78 is 13.7. The summed E-state index contributed by atoms with van der Waals surface area (Å²) in [6.45, 7) is 4.11. The standard InChI is InChI=1S/C20H24FN3/c21-19-15-22-10-5-17(19)7-12-24-13-8-20(9-14-24)18-4-2-1-3-16(18)6-11-23-20/h1-5,10,15,23H,6-9,11-14H2. The summed E-state index contributed by atoms with van der Waals surface area (Å²) in [6.07, 6.45) is 7.12. The predicted molar refractivity (Wildman–Crippen MR) is 93.4 cm³/mol. The monoisotopic (exact) mass is 325 g/mol. The van der Waals surface area contributed by atoms with Crippen LogP contribution < -0.4 is 5.32 Å². The van der Waals surface area contributed by atoms with Gasteiger partial charge < -0.3 is 10.2 Å². The number of halogens is 1. The van der Waals surface area contributed by atoms with Crippen molar-refractivity contribution in [3.63, 3.8) is 0 Å². The Morgan fingerprint density at radius 2 is 2.00 bits per heavy atom. The van der Waals surface area contributed by atoms with Crippen molar-refractivity contribution in [2.45, 2.75) is 31.2 Å². The average Bonchev–Trinajstić information content (AvgIpc) is 2.63. The summed E-state index contributed by atoms with van der Waals surface area (Å²) in [4.78, 5) is 6.28. The molecule has 0 amide bonds. The molecule has 0 saturated carbocycles. The van der Waals surface area contributed by atoms with Crippen LogP contribution in [-0.2, 0) is 18.4 Å². The van der Waals surface area contributed by atoms with E-state index in [0.29, 0.717) is 0 Å². The maximum atomic E-state index is 13.7. The molecule has 3 nitrogen and oxygen atoms in total. The van der Waals surface area contributed by atoms with Crippen molar-refractivity contribution in [3.8, 4) is 0 Å². The number of rotatable bonds is 3. The third-order valence-electron chi connectivity index (χ3n) is 5.65. The van der Waals surface area contributed by atoms with Crippen LogP contribution >= 0.6 is 0 Å². The number of likely N-dealkylation sites (tertiary alicyclic amines) is 1. The fourth-order valence-electron chi connectivity index (χ4n) is 4.23. The average molecular weight is 325 g/mol. The van der Waals surface area contributed by atoms with Crippen LogP contribution in [0.5, 0.6) is 0 Å². The second-order valence-electron chi connectivity index (χ2n) is 6.97. The van der Waals surface area contributed by atoms with E-state index in [0.717, 1.165) is 57.4 Å². The van der Waals surface area contributed by atoms with Gasteiger partial charge in [0.2, 0.25) is 0 Å². The van der Waals surface area contributed by atoms with Gasteiger partial charge in [0.25, 0.3) is 0 Å². The van der Waals surface area contributed by atoms with E-state index < -0.39 is 0 Å². The maximum Gasteiger partial charge on any atom is 0.144 e. The van der Waals surface area contributed by atoms with Crippen LogP contribution in [0.3, 0.4) is 0 Å². The number of fused-ring (bicyclic) bond motifs is 2. The van der Waals surface area contributed by atoms with Gasteiger partial charge in [0.1, 0.15) is 5.82 Å². The Morgan fingerprint density at radius 3 is 2.83 bits per heavy atom. The van der Waals surface area contributed by atoms with Crippen LogP contribution in [-0.4, -0.2) is 36.1 Å². The van der Waals surface area contributed by atoms with Gasteiger partial charge in [-0.05, 0) is 48.4 Å². The van der Waals surface area contributed by atoms with Crippen molar-refractivity contribution in [2.24, 2.45) is 0 Å². The molecule has 0 unspecified atom stereocenters. The Labute approximate surface area is 142 Å². The highest BCUT2D eigenvalue weighted by atomic mass is 19.1. The van der Waals surface area contributed by atoms with E-state index in [1.165, 1.54) is 17.3 Å². The van der Waals surface area contributed by atoms with E-state index in [9.17, 15) is 4.39 Å². The molecule has 2 aliphatic heterocycles. The van der Waals surface area contributed by atoms with Crippen LogP contribution in [0.25, 0.3) is 0 Å². The Balaban J connectivity index is 1.40. The Hall–Kier alpha value is -1.78. The fraction of sp³-hybridized carbons (Fsp3) is 0.450. The molecule has 0 bridgehead atoms. The van der Waals surface area contributed by atoms with Crippen molar-refractivity contribution in [1.29, 1.82) is 0 Å². The fourth-order valence-corrected chi connectivity index (χ4v) is 4.23. The predicted octanol–water partition coefficient (Wildman–Crippen LogP) is 2.90.